The van der Waals surface area contributed by atoms with E-state index >= 15 is 0 Å². The van der Waals surface area contributed by atoms with Gasteiger partial charge in [-0.3, -0.25) is 0 Å². The van der Waals surface area contributed by atoms with Crippen molar-refractivity contribution in [2.75, 3.05) is 0 Å². The van der Waals surface area contributed by atoms with Gasteiger partial charge in [0.05, 0.1) is 4.83 Å². The minimum Gasteiger partial charge on any atom is -0.419 e. The minimum atomic E-state index is -0.122. The maximum absolute atomic E-state index is 5.88. The van der Waals surface area contributed by atoms with E-state index in [9.17, 15) is 0 Å². The highest BCUT2D eigenvalue weighted by Gasteiger charge is 2.25. The second-order valence-corrected chi connectivity index (χ2v) is 7.08. The molecule has 0 unspecified atom stereocenters. The maximum atomic E-state index is 5.88. The van der Waals surface area contributed by atoms with Gasteiger partial charge in [-0.1, -0.05) is 73.8 Å². The number of alkyl halides is 2. The van der Waals surface area contributed by atoms with Crippen molar-refractivity contribution in [1.82, 2.24) is 10.2 Å². The summed E-state index contributed by atoms with van der Waals surface area (Å²) >= 11 is 13.2. The molecule has 3 nitrogen and oxygen atoms in total. The highest BCUT2D eigenvalue weighted by Crippen LogP contribution is 2.42. The summed E-state index contributed by atoms with van der Waals surface area (Å²) in [5.74, 6) is 1.000. The molecule has 0 aliphatic carbocycles. The Bertz CT molecular complexity index is 746. The fourth-order valence-electron chi connectivity index (χ4n) is 1.99. The van der Waals surface area contributed by atoms with Crippen LogP contribution < -0.4 is 0 Å². The predicted octanol–water partition coefficient (Wildman–Crippen LogP) is 5.96. The van der Waals surface area contributed by atoms with Crippen LogP contribution in [0, 0.1) is 0 Å². The molecule has 0 radical (unpaired) electrons. The minimum absolute atomic E-state index is 0.0345. The standard InChI is InChI=1S/C16H11Br2ClN2O/c17-13(10-4-2-1-3-5-10)14(18)16-21-20-15(22-16)11-6-8-12(19)9-7-11/h1-9,13-14H/t13-,14-/m0/s1. The SMILES string of the molecule is Clc1ccc(-c2nnc([C@@H](Br)[C@@H](Br)c3ccccc3)o2)cc1. The Balaban J connectivity index is 1.82. The number of hydrogen-bond acceptors (Lipinski definition) is 3. The average molecular weight is 443 g/mol. The summed E-state index contributed by atoms with van der Waals surface area (Å²) in [7, 11) is 0. The smallest absolute Gasteiger partial charge is 0.247 e. The topological polar surface area (TPSA) is 38.9 Å². The molecule has 112 valence electrons. The molecule has 3 aromatic rings. The van der Waals surface area contributed by atoms with E-state index in [-0.39, 0.29) is 9.65 Å². The zero-order valence-corrected chi connectivity index (χ0v) is 15.2. The fraction of sp³-hybridized carbons (Fsp3) is 0.125. The van der Waals surface area contributed by atoms with Crippen molar-refractivity contribution in [1.29, 1.82) is 0 Å². The summed E-state index contributed by atoms with van der Waals surface area (Å²) in [6.07, 6.45) is 0. The molecule has 1 aromatic heterocycles. The Morgan fingerprint density at radius 1 is 0.864 bits per heavy atom. The van der Waals surface area contributed by atoms with Crippen LogP contribution in [0.3, 0.4) is 0 Å². The van der Waals surface area contributed by atoms with E-state index in [4.69, 9.17) is 16.0 Å². The van der Waals surface area contributed by atoms with Gasteiger partial charge >= 0.3 is 0 Å². The first kappa shape index (κ1) is 15.7. The Labute approximate surface area is 150 Å². The van der Waals surface area contributed by atoms with E-state index in [2.05, 4.69) is 42.1 Å². The first-order valence-corrected chi connectivity index (χ1v) is 8.78. The average Bonchev–Trinajstić information content (AvgIpc) is 3.05. The lowest BCUT2D eigenvalue weighted by molar-refractivity contribution is 0.502. The molecule has 0 spiro atoms. The van der Waals surface area contributed by atoms with Crippen LogP contribution in [0.25, 0.3) is 11.5 Å². The molecule has 0 amide bonds. The van der Waals surface area contributed by atoms with Crippen molar-refractivity contribution in [2.24, 2.45) is 0 Å². The Kier molecular flexibility index (Phi) is 4.96. The monoisotopic (exact) mass is 440 g/mol. The number of hydrogen-bond donors (Lipinski definition) is 0. The summed E-state index contributed by atoms with van der Waals surface area (Å²) in [4.78, 5) is -0.0873. The molecule has 1 heterocycles. The zero-order valence-electron chi connectivity index (χ0n) is 11.3. The molecule has 2 atom stereocenters. The summed E-state index contributed by atoms with van der Waals surface area (Å²) < 4.78 is 5.77. The van der Waals surface area contributed by atoms with Crippen LogP contribution in [0.5, 0.6) is 0 Å². The van der Waals surface area contributed by atoms with Crippen molar-refractivity contribution in [2.45, 2.75) is 9.65 Å². The molecule has 0 saturated heterocycles. The van der Waals surface area contributed by atoms with Crippen molar-refractivity contribution >= 4 is 43.5 Å². The van der Waals surface area contributed by atoms with E-state index < -0.39 is 0 Å². The number of nitrogens with zero attached hydrogens (tertiary/aromatic N) is 2. The van der Waals surface area contributed by atoms with Crippen LogP contribution in [0.15, 0.2) is 59.0 Å². The molecule has 22 heavy (non-hydrogen) atoms. The van der Waals surface area contributed by atoms with Crippen molar-refractivity contribution in [3.8, 4) is 11.5 Å². The first-order chi connectivity index (χ1) is 10.6. The van der Waals surface area contributed by atoms with Crippen LogP contribution in [-0.4, -0.2) is 10.2 Å². The third kappa shape index (κ3) is 3.42. The summed E-state index contributed by atoms with van der Waals surface area (Å²) in [6, 6.07) is 17.4. The molecule has 3 rings (SSSR count). The third-order valence-corrected chi connectivity index (χ3v) is 6.08. The van der Waals surface area contributed by atoms with Gasteiger partial charge < -0.3 is 4.42 Å². The van der Waals surface area contributed by atoms with Gasteiger partial charge in [-0.15, -0.1) is 10.2 Å². The normalized spacial score (nSPS) is 13.8. The summed E-state index contributed by atoms with van der Waals surface area (Å²) in [5, 5.41) is 8.91. The lowest BCUT2D eigenvalue weighted by Crippen LogP contribution is -1.99. The Hall–Kier alpha value is -1.17. The van der Waals surface area contributed by atoms with Gasteiger partial charge in [-0.25, -0.2) is 0 Å². The van der Waals surface area contributed by atoms with Crippen molar-refractivity contribution in [3.05, 3.63) is 71.1 Å². The van der Waals surface area contributed by atoms with Crippen LogP contribution in [0.1, 0.15) is 21.1 Å². The molecule has 6 heteroatoms. The van der Waals surface area contributed by atoms with E-state index in [1.807, 2.05) is 42.5 Å². The molecule has 0 aliphatic rings. The van der Waals surface area contributed by atoms with Gasteiger partial charge in [-0.2, -0.15) is 0 Å². The van der Waals surface area contributed by atoms with E-state index in [1.54, 1.807) is 12.1 Å². The van der Waals surface area contributed by atoms with Crippen LogP contribution in [0.4, 0.5) is 0 Å². The van der Waals surface area contributed by atoms with Gasteiger partial charge in [0, 0.05) is 10.6 Å². The largest absolute Gasteiger partial charge is 0.419 e. The lowest BCUT2D eigenvalue weighted by Gasteiger charge is -2.13. The van der Waals surface area contributed by atoms with Crippen LogP contribution >= 0.6 is 43.5 Å². The van der Waals surface area contributed by atoms with E-state index in [0.29, 0.717) is 16.8 Å². The molecule has 0 aliphatic heterocycles. The Morgan fingerprint density at radius 3 is 2.23 bits per heavy atom. The Morgan fingerprint density at radius 2 is 1.55 bits per heavy atom. The summed E-state index contributed by atoms with van der Waals surface area (Å²) in [6.45, 7) is 0. The third-order valence-electron chi connectivity index (χ3n) is 3.14. The maximum Gasteiger partial charge on any atom is 0.247 e. The second-order valence-electron chi connectivity index (χ2n) is 4.67. The molecule has 2 aromatic carbocycles. The van der Waals surface area contributed by atoms with Crippen molar-refractivity contribution in [3.63, 3.8) is 0 Å². The molecular weight excluding hydrogens is 431 g/mol. The number of benzene rings is 2. The molecule has 0 fully saturated rings. The van der Waals surface area contributed by atoms with Crippen molar-refractivity contribution < 1.29 is 4.42 Å². The molecule has 0 saturated carbocycles. The number of rotatable bonds is 4. The van der Waals surface area contributed by atoms with Gasteiger partial charge in [0.1, 0.15) is 4.83 Å². The van der Waals surface area contributed by atoms with Gasteiger partial charge in [0.2, 0.25) is 11.8 Å². The van der Waals surface area contributed by atoms with Gasteiger partial charge in [-0.05, 0) is 29.8 Å². The highest BCUT2D eigenvalue weighted by molar-refractivity contribution is 9.12. The molecule has 0 bridgehead atoms. The van der Waals surface area contributed by atoms with Gasteiger partial charge in [0.15, 0.2) is 0 Å². The predicted molar refractivity (Wildman–Crippen MR) is 94.5 cm³/mol. The molecular formula is C16H11Br2ClN2O. The van der Waals surface area contributed by atoms with Gasteiger partial charge in [0.25, 0.3) is 0 Å². The zero-order chi connectivity index (χ0) is 15.5. The number of aromatic nitrogens is 2. The lowest BCUT2D eigenvalue weighted by atomic mass is 10.1. The number of halogens is 3. The first-order valence-electron chi connectivity index (χ1n) is 6.57. The van der Waals surface area contributed by atoms with Crippen LogP contribution in [0.2, 0.25) is 5.02 Å². The van der Waals surface area contributed by atoms with Crippen LogP contribution in [-0.2, 0) is 0 Å². The summed E-state index contributed by atoms with van der Waals surface area (Å²) in [5.41, 5.74) is 1.98. The fourth-order valence-corrected chi connectivity index (χ4v) is 3.13. The second kappa shape index (κ2) is 6.94. The van der Waals surface area contributed by atoms with E-state index in [1.165, 1.54) is 0 Å². The van der Waals surface area contributed by atoms with E-state index in [0.717, 1.165) is 11.1 Å². The highest BCUT2D eigenvalue weighted by atomic mass is 79.9. The quantitative estimate of drug-likeness (QED) is 0.468. The molecule has 0 N–H and O–H groups in total.